The highest BCUT2D eigenvalue weighted by atomic mass is 14.9. The topological polar surface area (TPSA) is 38.0 Å². The first-order chi connectivity index (χ1) is 8.21. The lowest BCUT2D eigenvalue weighted by atomic mass is 9.84. The molecule has 2 heteroatoms. The molecule has 0 unspecified atom stereocenters. The number of nitrogens with one attached hydrogen (secondary N) is 1. The minimum Gasteiger partial charge on any atom is -0.326 e. The van der Waals surface area contributed by atoms with Crippen LogP contribution in [0, 0.1) is 6.92 Å². The summed E-state index contributed by atoms with van der Waals surface area (Å²) in [6.45, 7) is 12.8. The van der Waals surface area contributed by atoms with Crippen LogP contribution < -0.4 is 11.1 Å². The van der Waals surface area contributed by atoms with E-state index in [0.29, 0.717) is 0 Å². The Bertz CT molecular complexity index is 375. The van der Waals surface area contributed by atoms with Crippen molar-refractivity contribution in [3.05, 3.63) is 35.4 Å². The Morgan fingerprint density at radius 1 is 1.17 bits per heavy atom. The number of nitrogens with two attached hydrogens (primary N) is 1. The van der Waals surface area contributed by atoms with Crippen LogP contribution in [0.4, 0.5) is 0 Å². The van der Waals surface area contributed by atoms with Gasteiger partial charge in [0.2, 0.25) is 0 Å². The molecule has 0 spiro atoms. The zero-order valence-corrected chi connectivity index (χ0v) is 12.5. The Labute approximate surface area is 112 Å². The second kappa shape index (κ2) is 5.85. The molecule has 0 aliphatic heterocycles. The standard InChI is InChI=1S/C16H28N2/c1-13-7-6-8-14(11-13)15(2,3)12-18-10-9-16(4,5)17/h6-8,11,18H,9-10,12,17H2,1-5H3. The SMILES string of the molecule is Cc1cccc(C(C)(C)CNCCC(C)(C)N)c1. The normalized spacial score (nSPS) is 12.8. The Morgan fingerprint density at radius 2 is 1.83 bits per heavy atom. The van der Waals surface area contributed by atoms with Crippen LogP contribution in [0.25, 0.3) is 0 Å². The first-order valence-electron chi connectivity index (χ1n) is 6.77. The van der Waals surface area contributed by atoms with E-state index in [1.165, 1.54) is 11.1 Å². The number of hydrogen-bond donors (Lipinski definition) is 2. The van der Waals surface area contributed by atoms with E-state index in [-0.39, 0.29) is 11.0 Å². The maximum Gasteiger partial charge on any atom is 0.0109 e. The van der Waals surface area contributed by atoms with Gasteiger partial charge in [0.15, 0.2) is 0 Å². The van der Waals surface area contributed by atoms with Crippen molar-refractivity contribution in [3.8, 4) is 0 Å². The van der Waals surface area contributed by atoms with Crippen LogP contribution in [0.15, 0.2) is 24.3 Å². The van der Waals surface area contributed by atoms with Crippen molar-refractivity contribution in [2.45, 2.75) is 52.0 Å². The van der Waals surface area contributed by atoms with E-state index >= 15 is 0 Å². The van der Waals surface area contributed by atoms with E-state index in [0.717, 1.165) is 19.5 Å². The lowest BCUT2D eigenvalue weighted by Gasteiger charge is -2.27. The molecule has 0 bridgehead atoms. The summed E-state index contributed by atoms with van der Waals surface area (Å²) in [4.78, 5) is 0. The molecule has 3 N–H and O–H groups in total. The molecule has 1 aromatic rings. The molecular weight excluding hydrogens is 220 g/mol. The van der Waals surface area contributed by atoms with Gasteiger partial charge in [0.1, 0.15) is 0 Å². The van der Waals surface area contributed by atoms with Crippen molar-refractivity contribution >= 4 is 0 Å². The predicted molar refractivity (Wildman–Crippen MR) is 80.0 cm³/mol. The summed E-state index contributed by atoms with van der Waals surface area (Å²) < 4.78 is 0. The van der Waals surface area contributed by atoms with Gasteiger partial charge in [0, 0.05) is 17.5 Å². The van der Waals surface area contributed by atoms with Gasteiger partial charge in [-0.25, -0.2) is 0 Å². The third-order valence-corrected chi connectivity index (χ3v) is 3.31. The average Bonchev–Trinajstić information content (AvgIpc) is 2.23. The molecule has 0 saturated heterocycles. The van der Waals surface area contributed by atoms with Crippen LogP contribution in [-0.4, -0.2) is 18.6 Å². The van der Waals surface area contributed by atoms with Gasteiger partial charge in [0.25, 0.3) is 0 Å². The van der Waals surface area contributed by atoms with Gasteiger partial charge in [0.05, 0.1) is 0 Å². The molecular formula is C16H28N2. The van der Waals surface area contributed by atoms with E-state index < -0.39 is 0 Å². The summed E-state index contributed by atoms with van der Waals surface area (Å²) in [6, 6.07) is 8.76. The van der Waals surface area contributed by atoms with E-state index in [4.69, 9.17) is 5.73 Å². The smallest absolute Gasteiger partial charge is 0.0109 e. The quantitative estimate of drug-likeness (QED) is 0.760. The average molecular weight is 248 g/mol. The minimum atomic E-state index is -0.0829. The predicted octanol–water partition coefficient (Wildman–Crippen LogP) is 2.99. The van der Waals surface area contributed by atoms with Crippen LogP contribution in [-0.2, 0) is 5.41 Å². The number of benzene rings is 1. The van der Waals surface area contributed by atoms with Gasteiger partial charge in [-0.1, -0.05) is 43.7 Å². The Balaban J connectivity index is 2.50. The van der Waals surface area contributed by atoms with Crippen molar-refractivity contribution in [2.75, 3.05) is 13.1 Å². The van der Waals surface area contributed by atoms with Gasteiger partial charge >= 0.3 is 0 Å². The number of rotatable bonds is 6. The summed E-state index contributed by atoms with van der Waals surface area (Å²) in [5.74, 6) is 0. The zero-order chi connectivity index (χ0) is 13.8. The van der Waals surface area contributed by atoms with E-state index in [9.17, 15) is 0 Å². The molecule has 0 saturated carbocycles. The van der Waals surface area contributed by atoms with E-state index in [1.54, 1.807) is 0 Å². The summed E-state index contributed by atoms with van der Waals surface area (Å²) >= 11 is 0. The highest BCUT2D eigenvalue weighted by molar-refractivity contribution is 5.28. The van der Waals surface area contributed by atoms with E-state index in [2.05, 4.69) is 64.2 Å². The molecule has 0 fully saturated rings. The maximum absolute atomic E-state index is 5.98. The summed E-state index contributed by atoms with van der Waals surface area (Å²) in [6.07, 6.45) is 0.997. The second-order valence-corrected chi connectivity index (χ2v) is 6.67. The van der Waals surface area contributed by atoms with Crippen molar-refractivity contribution in [3.63, 3.8) is 0 Å². The third-order valence-electron chi connectivity index (χ3n) is 3.31. The first kappa shape index (κ1) is 15.2. The molecule has 1 rings (SSSR count). The fourth-order valence-corrected chi connectivity index (χ4v) is 1.98. The van der Waals surface area contributed by atoms with Gasteiger partial charge in [-0.05, 0) is 39.3 Å². The van der Waals surface area contributed by atoms with Gasteiger partial charge in [-0.15, -0.1) is 0 Å². The molecule has 0 aromatic heterocycles. The van der Waals surface area contributed by atoms with Crippen LogP contribution in [0.3, 0.4) is 0 Å². The van der Waals surface area contributed by atoms with Gasteiger partial charge in [-0.3, -0.25) is 0 Å². The van der Waals surface area contributed by atoms with Crippen LogP contribution in [0.2, 0.25) is 0 Å². The summed E-state index contributed by atoms with van der Waals surface area (Å²) in [5, 5.41) is 3.52. The van der Waals surface area contributed by atoms with Gasteiger partial charge < -0.3 is 11.1 Å². The molecule has 0 heterocycles. The molecule has 0 radical (unpaired) electrons. The lowest BCUT2D eigenvalue weighted by Crippen LogP contribution is -2.39. The molecule has 0 atom stereocenters. The van der Waals surface area contributed by atoms with E-state index in [1.807, 2.05) is 0 Å². The van der Waals surface area contributed by atoms with Crippen molar-refractivity contribution < 1.29 is 0 Å². The molecule has 0 amide bonds. The third kappa shape index (κ3) is 5.19. The van der Waals surface area contributed by atoms with Crippen molar-refractivity contribution in [1.29, 1.82) is 0 Å². The van der Waals surface area contributed by atoms with Crippen LogP contribution >= 0.6 is 0 Å². The fraction of sp³-hybridized carbons (Fsp3) is 0.625. The Morgan fingerprint density at radius 3 is 2.39 bits per heavy atom. The molecule has 0 aliphatic rings. The fourth-order valence-electron chi connectivity index (χ4n) is 1.98. The minimum absolute atomic E-state index is 0.0829. The maximum atomic E-state index is 5.98. The largest absolute Gasteiger partial charge is 0.326 e. The molecule has 102 valence electrons. The van der Waals surface area contributed by atoms with Crippen LogP contribution in [0.5, 0.6) is 0 Å². The molecule has 0 aliphatic carbocycles. The molecule has 1 aromatic carbocycles. The highest BCUT2D eigenvalue weighted by Crippen LogP contribution is 2.23. The number of hydrogen-bond acceptors (Lipinski definition) is 2. The highest BCUT2D eigenvalue weighted by Gasteiger charge is 2.20. The number of aryl methyl sites for hydroxylation is 1. The summed E-state index contributed by atoms with van der Waals surface area (Å²) in [7, 11) is 0. The van der Waals surface area contributed by atoms with Gasteiger partial charge in [-0.2, -0.15) is 0 Å². The zero-order valence-electron chi connectivity index (χ0n) is 12.5. The molecule has 18 heavy (non-hydrogen) atoms. The van der Waals surface area contributed by atoms with Crippen molar-refractivity contribution in [2.24, 2.45) is 5.73 Å². The van der Waals surface area contributed by atoms with Crippen molar-refractivity contribution in [1.82, 2.24) is 5.32 Å². The molecule has 2 nitrogen and oxygen atoms in total. The van der Waals surface area contributed by atoms with Crippen LogP contribution in [0.1, 0.15) is 45.2 Å². The Kier molecular flexibility index (Phi) is 4.94. The first-order valence-corrected chi connectivity index (χ1v) is 6.77. The monoisotopic (exact) mass is 248 g/mol. The second-order valence-electron chi connectivity index (χ2n) is 6.67. The lowest BCUT2D eigenvalue weighted by molar-refractivity contribution is 0.418. The summed E-state index contributed by atoms with van der Waals surface area (Å²) in [5.41, 5.74) is 8.76. The Hall–Kier alpha value is -0.860.